The van der Waals surface area contributed by atoms with E-state index in [1.54, 1.807) is 19.4 Å². The Balaban J connectivity index is 1.17. The van der Waals surface area contributed by atoms with Gasteiger partial charge in [-0.25, -0.2) is 4.98 Å². The van der Waals surface area contributed by atoms with Gasteiger partial charge in [-0.2, -0.15) is 0 Å². The normalized spacial score (nSPS) is 17.0. The molecule has 0 amide bonds. The summed E-state index contributed by atoms with van der Waals surface area (Å²) in [4.78, 5) is 20.5. The van der Waals surface area contributed by atoms with Gasteiger partial charge < -0.3 is 15.2 Å². The number of hydrogen-bond donors (Lipinski definition) is 2. The molecule has 2 aliphatic rings. The molecule has 1 spiro atoms. The molecule has 0 aliphatic heterocycles. The van der Waals surface area contributed by atoms with Crippen molar-refractivity contribution in [1.29, 1.82) is 0 Å². The molecule has 2 aromatic rings. The SMILES string of the molecule is COc1ccc([C@@H](CCCNCCCc2ccc3c(n2)CCCC32CC2)CC(=O)O)cn1. The maximum absolute atomic E-state index is 11.3. The Morgan fingerprint density at radius 2 is 2.03 bits per heavy atom. The summed E-state index contributed by atoms with van der Waals surface area (Å²) in [6, 6.07) is 8.31. The zero-order valence-corrected chi connectivity index (χ0v) is 19.1. The van der Waals surface area contributed by atoms with Crippen LogP contribution in [0.3, 0.4) is 0 Å². The van der Waals surface area contributed by atoms with E-state index < -0.39 is 5.97 Å². The summed E-state index contributed by atoms with van der Waals surface area (Å²) in [7, 11) is 1.58. The molecule has 2 aromatic heterocycles. The summed E-state index contributed by atoms with van der Waals surface area (Å²) < 4.78 is 5.10. The van der Waals surface area contributed by atoms with Crippen molar-refractivity contribution >= 4 is 5.97 Å². The average Bonchev–Trinajstić information content (AvgIpc) is 3.57. The second-order valence-electron chi connectivity index (χ2n) is 9.36. The highest BCUT2D eigenvalue weighted by Crippen LogP contribution is 2.54. The number of fused-ring (bicyclic) bond motifs is 2. The monoisotopic (exact) mass is 437 g/mol. The number of rotatable bonds is 12. The maximum atomic E-state index is 11.3. The smallest absolute Gasteiger partial charge is 0.303 e. The lowest BCUT2D eigenvalue weighted by Gasteiger charge is -2.24. The number of aliphatic carboxylic acids is 1. The summed E-state index contributed by atoms with van der Waals surface area (Å²) in [5, 5.41) is 12.8. The lowest BCUT2D eigenvalue weighted by molar-refractivity contribution is -0.137. The fourth-order valence-corrected chi connectivity index (χ4v) is 5.10. The van der Waals surface area contributed by atoms with E-state index in [1.165, 1.54) is 42.6 Å². The molecule has 1 atom stereocenters. The number of ether oxygens (including phenoxy) is 1. The molecule has 6 heteroatoms. The van der Waals surface area contributed by atoms with Crippen LogP contribution < -0.4 is 10.1 Å². The van der Waals surface area contributed by atoms with E-state index in [0.717, 1.165) is 50.8 Å². The number of aryl methyl sites for hydroxylation is 2. The molecule has 2 N–H and O–H groups in total. The van der Waals surface area contributed by atoms with Crippen LogP contribution in [-0.2, 0) is 23.1 Å². The summed E-state index contributed by atoms with van der Waals surface area (Å²) in [6.07, 6.45) is 12.2. The lowest BCUT2D eigenvalue weighted by Crippen LogP contribution is -2.19. The van der Waals surface area contributed by atoms with Gasteiger partial charge in [-0.1, -0.05) is 12.1 Å². The Labute approximate surface area is 190 Å². The van der Waals surface area contributed by atoms with Crippen molar-refractivity contribution in [1.82, 2.24) is 15.3 Å². The molecule has 0 unspecified atom stereocenters. The third-order valence-corrected chi connectivity index (χ3v) is 7.08. The lowest BCUT2D eigenvalue weighted by atomic mass is 9.82. The highest BCUT2D eigenvalue weighted by atomic mass is 16.5. The fraction of sp³-hybridized carbons (Fsp3) is 0.577. The Hall–Kier alpha value is -2.47. The molecule has 32 heavy (non-hydrogen) atoms. The van der Waals surface area contributed by atoms with Crippen LogP contribution in [-0.4, -0.2) is 41.2 Å². The second kappa shape index (κ2) is 10.4. The highest BCUT2D eigenvalue weighted by molar-refractivity contribution is 5.68. The van der Waals surface area contributed by atoms with E-state index in [0.29, 0.717) is 11.3 Å². The van der Waals surface area contributed by atoms with Crippen LogP contribution >= 0.6 is 0 Å². The van der Waals surface area contributed by atoms with E-state index in [9.17, 15) is 9.90 Å². The first-order chi connectivity index (χ1) is 15.6. The molecule has 1 fully saturated rings. The van der Waals surface area contributed by atoms with Crippen molar-refractivity contribution < 1.29 is 14.6 Å². The molecule has 2 aliphatic carbocycles. The minimum atomic E-state index is -0.774. The highest BCUT2D eigenvalue weighted by Gasteiger charge is 2.46. The standard InChI is InChI=1S/C26H35N3O3/c1-32-24-11-8-20(18-28-24)19(17-25(30)31)5-3-15-27-16-4-6-21-9-10-22-23(29-21)7-2-12-26(22)13-14-26/h8-11,18-19,27H,2-7,12-17H2,1H3,(H,30,31)/t19-/m0/s1. The molecule has 6 nitrogen and oxygen atoms in total. The van der Waals surface area contributed by atoms with Crippen LogP contribution in [0.5, 0.6) is 5.88 Å². The summed E-state index contributed by atoms with van der Waals surface area (Å²) in [6.45, 7) is 1.84. The Bertz CT molecular complexity index is 909. The van der Waals surface area contributed by atoms with Crippen LogP contribution in [0.2, 0.25) is 0 Å². The van der Waals surface area contributed by atoms with Gasteiger partial charge in [0.05, 0.1) is 13.5 Å². The topological polar surface area (TPSA) is 84.3 Å². The van der Waals surface area contributed by atoms with Gasteiger partial charge in [0.2, 0.25) is 5.88 Å². The minimum absolute atomic E-state index is 0.0258. The number of carboxylic acids is 1. The van der Waals surface area contributed by atoms with Gasteiger partial charge in [-0.15, -0.1) is 0 Å². The molecule has 172 valence electrons. The number of aromatic nitrogens is 2. The fourth-order valence-electron chi connectivity index (χ4n) is 5.10. The van der Waals surface area contributed by atoms with E-state index in [2.05, 4.69) is 22.4 Å². The molecule has 0 radical (unpaired) electrons. The predicted octanol–water partition coefficient (Wildman–Crippen LogP) is 4.41. The van der Waals surface area contributed by atoms with Gasteiger partial charge in [-0.05, 0) is 99.4 Å². The quantitative estimate of drug-likeness (QED) is 0.479. The van der Waals surface area contributed by atoms with Crippen molar-refractivity contribution in [2.24, 2.45) is 0 Å². The zero-order valence-electron chi connectivity index (χ0n) is 19.1. The molecule has 4 rings (SSSR count). The van der Waals surface area contributed by atoms with Crippen LogP contribution in [0, 0.1) is 0 Å². The Morgan fingerprint density at radius 3 is 2.75 bits per heavy atom. The van der Waals surface area contributed by atoms with E-state index in [1.807, 2.05) is 6.07 Å². The first-order valence-corrected chi connectivity index (χ1v) is 12.0. The number of carbonyl (C=O) groups is 1. The van der Waals surface area contributed by atoms with E-state index >= 15 is 0 Å². The first kappa shape index (κ1) is 22.7. The van der Waals surface area contributed by atoms with Gasteiger partial charge in [0.1, 0.15) is 0 Å². The van der Waals surface area contributed by atoms with E-state index in [-0.39, 0.29) is 12.3 Å². The van der Waals surface area contributed by atoms with Crippen LogP contribution in [0.1, 0.15) is 79.8 Å². The molecular weight excluding hydrogens is 402 g/mol. The maximum Gasteiger partial charge on any atom is 0.303 e. The molecule has 0 saturated heterocycles. The van der Waals surface area contributed by atoms with Crippen LogP contribution in [0.25, 0.3) is 0 Å². The van der Waals surface area contributed by atoms with Gasteiger partial charge in [0.15, 0.2) is 0 Å². The van der Waals surface area contributed by atoms with Crippen LogP contribution in [0.4, 0.5) is 0 Å². The van der Waals surface area contributed by atoms with Crippen molar-refractivity contribution in [3.63, 3.8) is 0 Å². The number of methoxy groups -OCH3 is 1. The molecule has 1 saturated carbocycles. The Kier molecular flexibility index (Phi) is 7.40. The third kappa shape index (κ3) is 5.66. The third-order valence-electron chi connectivity index (χ3n) is 7.08. The Morgan fingerprint density at radius 1 is 1.19 bits per heavy atom. The van der Waals surface area contributed by atoms with Crippen molar-refractivity contribution in [2.75, 3.05) is 20.2 Å². The largest absolute Gasteiger partial charge is 0.481 e. The number of carboxylic acid groups (broad SMARTS) is 1. The summed E-state index contributed by atoms with van der Waals surface area (Å²) in [5.41, 5.74) is 5.57. The van der Waals surface area contributed by atoms with E-state index in [4.69, 9.17) is 9.72 Å². The van der Waals surface area contributed by atoms with Gasteiger partial charge in [0.25, 0.3) is 0 Å². The van der Waals surface area contributed by atoms with Gasteiger partial charge in [-0.3, -0.25) is 9.78 Å². The molecule has 2 heterocycles. The number of pyridine rings is 2. The van der Waals surface area contributed by atoms with Crippen molar-refractivity contribution in [3.8, 4) is 5.88 Å². The van der Waals surface area contributed by atoms with Gasteiger partial charge >= 0.3 is 5.97 Å². The molecule has 0 aromatic carbocycles. The summed E-state index contributed by atoms with van der Waals surface area (Å²) in [5.74, 6) is -0.254. The van der Waals surface area contributed by atoms with Gasteiger partial charge in [0, 0.05) is 23.7 Å². The predicted molar refractivity (Wildman–Crippen MR) is 124 cm³/mol. The second-order valence-corrected chi connectivity index (χ2v) is 9.36. The number of hydrogen-bond acceptors (Lipinski definition) is 5. The molecular formula is C26H35N3O3. The van der Waals surface area contributed by atoms with Crippen LogP contribution in [0.15, 0.2) is 30.5 Å². The zero-order chi connectivity index (χ0) is 22.4. The average molecular weight is 438 g/mol. The number of nitrogens with zero attached hydrogens (tertiary/aromatic N) is 2. The molecule has 0 bridgehead atoms. The first-order valence-electron chi connectivity index (χ1n) is 12.0. The minimum Gasteiger partial charge on any atom is -0.481 e. The summed E-state index contributed by atoms with van der Waals surface area (Å²) >= 11 is 0. The number of nitrogens with one attached hydrogen (secondary N) is 1. The van der Waals surface area contributed by atoms with Crippen molar-refractivity contribution in [3.05, 3.63) is 53.0 Å². The van der Waals surface area contributed by atoms with Crippen molar-refractivity contribution in [2.45, 2.75) is 75.5 Å².